The smallest absolute Gasteiger partial charge is 0.128 e. The molecule has 0 saturated carbocycles. The topological polar surface area (TPSA) is 57.4 Å². The van der Waals surface area contributed by atoms with E-state index < -0.39 is 0 Å². The molecule has 0 aromatic carbocycles. The lowest BCUT2D eigenvalue weighted by Crippen LogP contribution is -2.37. The summed E-state index contributed by atoms with van der Waals surface area (Å²) < 4.78 is 10.9. The molecule has 17 heavy (non-hydrogen) atoms. The van der Waals surface area contributed by atoms with Gasteiger partial charge in [-0.25, -0.2) is 0 Å². The number of hydrogen-bond donors (Lipinski definition) is 1. The van der Waals surface area contributed by atoms with E-state index in [0.29, 0.717) is 13.2 Å². The van der Waals surface area contributed by atoms with E-state index in [4.69, 9.17) is 15.2 Å². The van der Waals surface area contributed by atoms with Crippen molar-refractivity contribution < 1.29 is 9.47 Å². The minimum atomic E-state index is -0.317. The predicted octanol–water partition coefficient (Wildman–Crippen LogP) is 1.96. The van der Waals surface area contributed by atoms with Gasteiger partial charge in [0.25, 0.3) is 0 Å². The Bertz CT molecular complexity index is 384. The van der Waals surface area contributed by atoms with Gasteiger partial charge in [-0.15, -0.1) is 0 Å². The highest BCUT2D eigenvalue weighted by Crippen LogP contribution is 2.24. The van der Waals surface area contributed by atoms with E-state index in [2.05, 4.69) is 4.98 Å². The van der Waals surface area contributed by atoms with Crippen LogP contribution in [0.25, 0.3) is 0 Å². The van der Waals surface area contributed by atoms with E-state index in [0.717, 1.165) is 22.6 Å². The molecule has 2 N–H and O–H groups in total. The SMILES string of the molecule is COc1c(C)cnc(COCC(C)(C)N)c1C. The molecule has 0 aliphatic heterocycles. The lowest BCUT2D eigenvalue weighted by Gasteiger charge is -2.19. The van der Waals surface area contributed by atoms with Gasteiger partial charge in [-0.3, -0.25) is 4.98 Å². The van der Waals surface area contributed by atoms with Gasteiger partial charge in [0.1, 0.15) is 5.75 Å². The molecular formula is C13H22N2O2. The first-order valence-corrected chi connectivity index (χ1v) is 5.71. The second-order valence-corrected chi connectivity index (χ2v) is 5.03. The molecule has 0 amide bonds. The minimum absolute atomic E-state index is 0.317. The third-order valence-electron chi connectivity index (χ3n) is 2.46. The van der Waals surface area contributed by atoms with E-state index in [1.807, 2.05) is 27.7 Å². The fraction of sp³-hybridized carbons (Fsp3) is 0.615. The van der Waals surface area contributed by atoms with Crippen molar-refractivity contribution in [2.45, 2.75) is 39.8 Å². The van der Waals surface area contributed by atoms with Crippen molar-refractivity contribution in [1.82, 2.24) is 4.98 Å². The monoisotopic (exact) mass is 238 g/mol. The zero-order valence-electron chi connectivity index (χ0n) is 11.3. The number of nitrogens with zero attached hydrogens (tertiary/aromatic N) is 1. The predicted molar refractivity (Wildman–Crippen MR) is 68.2 cm³/mol. The molecule has 4 heteroatoms. The Morgan fingerprint density at radius 2 is 2.00 bits per heavy atom. The molecule has 1 aromatic rings. The van der Waals surface area contributed by atoms with E-state index in [1.54, 1.807) is 13.3 Å². The number of rotatable bonds is 5. The van der Waals surface area contributed by atoms with Crippen molar-refractivity contribution in [1.29, 1.82) is 0 Å². The Labute approximate surface area is 103 Å². The Hall–Kier alpha value is -1.13. The van der Waals surface area contributed by atoms with Gasteiger partial charge < -0.3 is 15.2 Å². The summed E-state index contributed by atoms with van der Waals surface area (Å²) in [5.41, 5.74) is 8.50. The normalized spacial score (nSPS) is 11.6. The van der Waals surface area contributed by atoms with Crippen LogP contribution in [-0.2, 0) is 11.3 Å². The van der Waals surface area contributed by atoms with Gasteiger partial charge in [-0.05, 0) is 27.7 Å². The van der Waals surface area contributed by atoms with Gasteiger partial charge in [0.2, 0.25) is 0 Å². The van der Waals surface area contributed by atoms with Crippen LogP contribution in [0.3, 0.4) is 0 Å². The number of hydrogen-bond acceptors (Lipinski definition) is 4. The quantitative estimate of drug-likeness (QED) is 0.852. The van der Waals surface area contributed by atoms with Crippen LogP contribution in [0.1, 0.15) is 30.7 Å². The van der Waals surface area contributed by atoms with Crippen molar-refractivity contribution in [3.63, 3.8) is 0 Å². The van der Waals surface area contributed by atoms with Crippen molar-refractivity contribution in [3.05, 3.63) is 23.0 Å². The van der Waals surface area contributed by atoms with Crippen molar-refractivity contribution in [2.75, 3.05) is 13.7 Å². The number of aromatic nitrogens is 1. The molecule has 0 spiro atoms. The third-order valence-corrected chi connectivity index (χ3v) is 2.46. The molecule has 0 unspecified atom stereocenters. The average molecular weight is 238 g/mol. The Morgan fingerprint density at radius 3 is 2.53 bits per heavy atom. The average Bonchev–Trinajstić information content (AvgIpc) is 2.20. The number of methoxy groups -OCH3 is 1. The largest absolute Gasteiger partial charge is 0.496 e. The lowest BCUT2D eigenvalue weighted by molar-refractivity contribution is 0.0825. The summed E-state index contributed by atoms with van der Waals surface area (Å²) in [7, 11) is 1.67. The summed E-state index contributed by atoms with van der Waals surface area (Å²) in [5, 5.41) is 0. The maximum Gasteiger partial charge on any atom is 0.128 e. The van der Waals surface area contributed by atoms with E-state index in [1.165, 1.54) is 0 Å². The molecule has 0 fully saturated rings. The van der Waals surface area contributed by atoms with Crippen molar-refractivity contribution >= 4 is 0 Å². The molecular weight excluding hydrogens is 216 g/mol. The van der Waals surface area contributed by atoms with Gasteiger partial charge in [-0.2, -0.15) is 0 Å². The highest BCUT2D eigenvalue weighted by atomic mass is 16.5. The zero-order valence-corrected chi connectivity index (χ0v) is 11.3. The molecule has 0 radical (unpaired) electrons. The lowest BCUT2D eigenvalue weighted by atomic mass is 10.1. The molecule has 1 heterocycles. The van der Waals surface area contributed by atoms with Crippen LogP contribution in [0.2, 0.25) is 0 Å². The number of pyridine rings is 1. The molecule has 1 aromatic heterocycles. The number of nitrogens with two attached hydrogens (primary N) is 1. The van der Waals surface area contributed by atoms with Crippen LogP contribution in [0, 0.1) is 13.8 Å². The van der Waals surface area contributed by atoms with Gasteiger partial charge in [0, 0.05) is 22.9 Å². The molecule has 0 atom stereocenters. The van der Waals surface area contributed by atoms with Gasteiger partial charge in [-0.1, -0.05) is 0 Å². The van der Waals surface area contributed by atoms with Crippen molar-refractivity contribution in [2.24, 2.45) is 5.73 Å². The third kappa shape index (κ3) is 3.98. The van der Waals surface area contributed by atoms with E-state index >= 15 is 0 Å². The summed E-state index contributed by atoms with van der Waals surface area (Å²) in [4.78, 5) is 4.36. The molecule has 1 rings (SSSR count). The zero-order chi connectivity index (χ0) is 13.1. The summed E-state index contributed by atoms with van der Waals surface area (Å²) in [6.07, 6.45) is 1.80. The molecule has 0 aliphatic carbocycles. The molecule has 96 valence electrons. The fourth-order valence-corrected chi connectivity index (χ4v) is 1.63. The molecule has 0 saturated heterocycles. The van der Waals surface area contributed by atoms with E-state index in [9.17, 15) is 0 Å². The first-order chi connectivity index (χ1) is 7.85. The summed E-state index contributed by atoms with van der Waals surface area (Å²) >= 11 is 0. The standard InChI is InChI=1S/C13H22N2O2/c1-9-6-15-11(10(2)12(9)16-5)7-17-8-13(3,4)14/h6H,7-8,14H2,1-5H3. The van der Waals surface area contributed by atoms with Gasteiger partial charge in [0.05, 0.1) is 26.0 Å². The first kappa shape index (κ1) is 13.9. The van der Waals surface area contributed by atoms with Crippen LogP contribution in [-0.4, -0.2) is 24.2 Å². The highest BCUT2D eigenvalue weighted by Gasteiger charge is 2.13. The van der Waals surface area contributed by atoms with Gasteiger partial charge in [0.15, 0.2) is 0 Å². The Morgan fingerprint density at radius 1 is 1.35 bits per heavy atom. The minimum Gasteiger partial charge on any atom is -0.496 e. The van der Waals surface area contributed by atoms with E-state index in [-0.39, 0.29) is 5.54 Å². The Balaban J connectivity index is 2.73. The number of ether oxygens (including phenoxy) is 2. The van der Waals surface area contributed by atoms with Crippen molar-refractivity contribution in [3.8, 4) is 5.75 Å². The second kappa shape index (κ2) is 5.47. The second-order valence-electron chi connectivity index (χ2n) is 5.03. The first-order valence-electron chi connectivity index (χ1n) is 5.71. The molecule has 4 nitrogen and oxygen atoms in total. The summed E-state index contributed by atoms with van der Waals surface area (Å²) in [5.74, 6) is 0.880. The molecule has 0 aliphatic rings. The van der Waals surface area contributed by atoms with Crippen LogP contribution < -0.4 is 10.5 Å². The Kier molecular flexibility index (Phi) is 4.48. The van der Waals surface area contributed by atoms with Crippen LogP contribution in [0.15, 0.2) is 6.20 Å². The highest BCUT2D eigenvalue weighted by molar-refractivity contribution is 5.40. The maximum absolute atomic E-state index is 5.85. The fourth-order valence-electron chi connectivity index (χ4n) is 1.63. The van der Waals surface area contributed by atoms with Gasteiger partial charge >= 0.3 is 0 Å². The van der Waals surface area contributed by atoms with Crippen LogP contribution in [0.5, 0.6) is 5.75 Å². The number of aryl methyl sites for hydroxylation is 1. The van der Waals surface area contributed by atoms with Crippen LogP contribution >= 0.6 is 0 Å². The van der Waals surface area contributed by atoms with Crippen LogP contribution in [0.4, 0.5) is 0 Å². The molecule has 0 bridgehead atoms. The summed E-state index contributed by atoms with van der Waals surface area (Å²) in [6, 6.07) is 0. The summed E-state index contributed by atoms with van der Waals surface area (Å²) in [6.45, 7) is 8.80. The maximum atomic E-state index is 5.85.